The fourth-order valence-corrected chi connectivity index (χ4v) is 4.70. The van der Waals surface area contributed by atoms with E-state index in [-0.39, 0.29) is 4.87 Å². The Morgan fingerprint density at radius 3 is 2.96 bits per heavy atom. The van der Waals surface area contributed by atoms with Crippen LogP contribution >= 0.6 is 22.7 Å². The van der Waals surface area contributed by atoms with E-state index >= 15 is 0 Å². The zero-order valence-electron chi connectivity index (χ0n) is 12.6. The number of nitrogens with one attached hydrogen (secondary N) is 2. The third kappa shape index (κ3) is 2.30. The van der Waals surface area contributed by atoms with Gasteiger partial charge >= 0.3 is 4.87 Å². The molecular weight excluding hydrogens is 342 g/mol. The number of aromatic amines is 1. The van der Waals surface area contributed by atoms with E-state index in [0.29, 0.717) is 11.7 Å². The first-order valence-electron chi connectivity index (χ1n) is 7.77. The molecule has 3 heterocycles. The number of hydrogen-bond acceptors (Lipinski definition) is 7. The number of hydrogen-bond donors (Lipinski definition) is 2. The molecule has 0 radical (unpaired) electrons. The van der Waals surface area contributed by atoms with Gasteiger partial charge in [0.25, 0.3) is 0 Å². The fraction of sp³-hybridized carbons (Fsp3) is 0.250. The van der Waals surface area contributed by atoms with Crippen molar-refractivity contribution in [2.24, 2.45) is 0 Å². The second-order valence-electron chi connectivity index (χ2n) is 5.91. The number of rotatable bonds is 3. The summed E-state index contributed by atoms with van der Waals surface area (Å²) in [5.41, 5.74) is 2.56. The number of H-pyrrole nitrogens is 1. The third-order valence-corrected chi connectivity index (χ3v) is 6.32. The highest BCUT2D eigenvalue weighted by Crippen LogP contribution is 2.40. The molecule has 24 heavy (non-hydrogen) atoms. The maximum absolute atomic E-state index is 11.4. The van der Waals surface area contributed by atoms with Gasteiger partial charge in [0, 0.05) is 11.6 Å². The zero-order chi connectivity index (χ0) is 16.1. The van der Waals surface area contributed by atoms with Crippen LogP contribution in [0.15, 0.2) is 29.3 Å². The molecule has 0 aliphatic heterocycles. The standard InChI is InChI=1S/C16H13N5OS2/c22-16-20-10-5-4-9(6-11(10)23-16)19-13-12-15(18-7-17-13)24-14(21-12)8-2-1-3-8/h4-8H,1-3H2,(H,20,22)(H,17,18,19). The van der Waals surface area contributed by atoms with Crippen LogP contribution in [0.3, 0.4) is 0 Å². The molecule has 0 atom stereocenters. The molecule has 8 heteroatoms. The SMILES string of the molecule is O=c1[nH]c2ccc(Nc3ncnc4sc(C5CCC5)nc34)cc2s1. The quantitative estimate of drug-likeness (QED) is 0.580. The van der Waals surface area contributed by atoms with E-state index in [1.807, 2.05) is 18.2 Å². The van der Waals surface area contributed by atoms with Crippen molar-refractivity contribution in [2.45, 2.75) is 25.2 Å². The Morgan fingerprint density at radius 2 is 2.12 bits per heavy atom. The first-order valence-corrected chi connectivity index (χ1v) is 9.41. The van der Waals surface area contributed by atoms with Crippen molar-refractivity contribution < 1.29 is 0 Å². The van der Waals surface area contributed by atoms with Gasteiger partial charge < -0.3 is 10.3 Å². The van der Waals surface area contributed by atoms with Gasteiger partial charge in [-0.2, -0.15) is 0 Å². The largest absolute Gasteiger partial charge is 0.338 e. The minimum Gasteiger partial charge on any atom is -0.338 e. The molecule has 4 aromatic rings. The first kappa shape index (κ1) is 14.1. The van der Waals surface area contributed by atoms with Crippen LogP contribution < -0.4 is 10.2 Å². The smallest absolute Gasteiger partial charge is 0.305 e. The van der Waals surface area contributed by atoms with Crippen LogP contribution in [0, 0.1) is 0 Å². The molecule has 0 amide bonds. The Balaban J connectivity index is 1.54. The van der Waals surface area contributed by atoms with Crippen LogP contribution in [0.4, 0.5) is 11.5 Å². The van der Waals surface area contributed by atoms with Gasteiger partial charge in [0.15, 0.2) is 5.82 Å². The maximum atomic E-state index is 11.4. The van der Waals surface area contributed by atoms with E-state index in [4.69, 9.17) is 4.98 Å². The fourth-order valence-electron chi connectivity index (χ4n) is 2.85. The molecule has 3 aromatic heterocycles. The van der Waals surface area contributed by atoms with Gasteiger partial charge in [-0.15, -0.1) is 0 Å². The first-order chi connectivity index (χ1) is 11.8. The lowest BCUT2D eigenvalue weighted by Gasteiger charge is -2.22. The summed E-state index contributed by atoms with van der Waals surface area (Å²) in [6, 6.07) is 5.78. The van der Waals surface area contributed by atoms with Crippen molar-refractivity contribution >= 4 is 54.7 Å². The lowest BCUT2D eigenvalue weighted by atomic mass is 9.86. The number of benzene rings is 1. The van der Waals surface area contributed by atoms with Gasteiger partial charge in [-0.05, 0) is 31.0 Å². The number of aromatic nitrogens is 4. The molecule has 1 aromatic carbocycles. The highest BCUT2D eigenvalue weighted by Gasteiger charge is 2.24. The summed E-state index contributed by atoms with van der Waals surface area (Å²) in [5, 5.41) is 4.49. The second kappa shape index (κ2) is 5.35. The number of thiazole rings is 2. The van der Waals surface area contributed by atoms with Crippen LogP contribution in [0.2, 0.25) is 0 Å². The minimum atomic E-state index is -0.0452. The zero-order valence-corrected chi connectivity index (χ0v) is 14.2. The predicted molar refractivity (Wildman–Crippen MR) is 97.5 cm³/mol. The Labute approximate surface area is 144 Å². The maximum Gasteiger partial charge on any atom is 0.305 e. The summed E-state index contributed by atoms with van der Waals surface area (Å²) < 4.78 is 0.920. The van der Waals surface area contributed by atoms with E-state index in [2.05, 4.69) is 20.3 Å². The van der Waals surface area contributed by atoms with Crippen molar-refractivity contribution in [3.8, 4) is 0 Å². The summed E-state index contributed by atoms with van der Waals surface area (Å²) in [6.45, 7) is 0. The average molecular weight is 355 g/mol. The Morgan fingerprint density at radius 1 is 1.21 bits per heavy atom. The van der Waals surface area contributed by atoms with Crippen LogP contribution in [0.25, 0.3) is 20.6 Å². The molecule has 120 valence electrons. The van der Waals surface area contributed by atoms with Crippen LogP contribution in [0.5, 0.6) is 0 Å². The second-order valence-corrected chi connectivity index (χ2v) is 7.93. The van der Waals surface area contributed by atoms with E-state index in [1.165, 1.54) is 35.6 Å². The highest BCUT2D eigenvalue weighted by atomic mass is 32.1. The van der Waals surface area contributed by atoms with Gasteiger partial charge in [-0.25, -0.2) is 15.0 Å². The van der Waals surface area contributed by atoms with E-state index in [9.17, 15) is 4.79 Å². The molecule has 0 bridgehead atoms. The van der Waals surface area contributed by atoms with Gasteiger partial charge in [0.05, 0.1) is 15.2 Å². The van der Waals surface area contributed by atoms with E-state index in [0.717, 1.165) is 26.3 Å². The minimum absolute atomic E-state index is 0.0452. The monoisotopic (exact) mass is 355 g/mol. The molecule has 1 saturated carbocycles. The van der Waals surface area contributed by atoms with E-state index < -0.39 is 0 Å². The lowest BCUT2D eigenvalue weighted by molar-refractivity contribution is 0.419. The van der Waals surface area contributed by atoms with Gasteiger partial charge in [-0.1, -0.05) is 29.1 Å². The molecule has 1 aliphatic carbocycles. The van der Waals surface area contributed by atoms with Gasteiger partial charge in [0.2, 0.25) is 0 Å². The molecule has 1 aliphatic rings. The van der Waals surface area contributed by atoms with E-state index in [1.54, 1.807) is 17.7 Å². The third-order valence-electron chi connectivity index (χ3n) is 4.35. The molecule has 2 N–H and O–H groups in total. The van der Waals surface area contributed by atoms with Crippen LogP contribution in [-0.4, -0.2) is 19.9 Å². The van der Waals surface area contributed by atoms with Crippen molar-refractivity contribution in [1.29, 1.82) is 0 Å². The van der Waals surface area contributed by atoms with Crippen molar-refractivity contribution in [1.82, 2.24) is 19.9 Å². The molecule has 6 nitrogen and oxygen atoms in total. The van der Waals surface area contributed by atoms with Crippen molar-refractivity contribution in [2.75, 3.05) is 5.32 Å². The summed E-state index contributed by atoms with van der Waals surface area (Å²) in [4.78, 5) is 28.6. The normalized spacial score (nSPS) is 15.0. The number of anilines is 2. The average Bonchev–Trinajstić information content (AvgIpc) is 3.08. The number of nitrogens with zero attached hydrogens (tertiary/aromatic N) is 3. The summed E-state index contributed by atoms with van der Waals surface area (Å²) in [6.07, 6.45) is 5.30. The molecule has 5 rings (SSSR count). The summed E-state index contributed by atoms with van der Waals surface area (Å²) in [5.74, 6) is 1.30. The Kier molecular flexibility index (Phi) is 3.14. The van der Waals surface area contributed by atoms with Crippen molar-refractivity contribution in [3.05, 3.63) is 39.2 Å². The predicted octanol–water partition coefficient (Wildman–Crippen LogP) is 4.00. The molecule has 0 unspecified atom stereocenters. The summed E-state index contributed by atoms with van der Waals surface area (Å²) >= 11 is 2.87. The topological polar surface area (TPSA) is 83.6 Å². The van der Waals surface area contributed by atoms with Crippen LogP contribution in [-0.2, 0) is 0 Å². The van der Waals surface area contributed by atoms with Gasteiger partial charge in [-0.3, -0.25) is 4.79 Å². The molecular formula is C16H13N5OS2. The Hall–Kier alpha value is -2.32. The highest BCUT2D eigenvalue weighted by molar-refractivity contribution is 7.18. The lowest BCUT2D eigenvalue weighted by Crippen LogP contribution is -2.07. The molecule has 0 spiro atoms. The van der Waals surface area contributed by atoms with Crippen LogP contribution in [0.1, 0.15) is 30.2 Å². The molecule has 0 saturated heterocycles. The Bertz CT molecular complexity index is 1110. The number of fused-ring (bicyclic) bond motifs is 2. The van der Waals surface area contributed by atoms with Gasteiger partial charge in [0.1, 0.15) is 16.7 Å². The van der Waals surface area contributed by atoms with Crippen molar-refractivity contribution in [3.63, 3.8) is 0 Å². The molecule has 1 fully saturated rings. The summed E-state index contributed by atoms with van der Waals surface area (Å²) in [7, 11) is 0.